The van der Waals surface area contributed by atoms with Crippen molar-refractivity contribution in [3.63, 3.8) is 0 Å². The SMILES string of the molecule is CC(C)(C)OC(=O)NCC(N)c1ncccc1C(F)(F)F. The quantitative estimate of drug-likeness (QED) is 0.900. The summed E-state index contributed by atoms with van der Waals surface area (Å²) >= 11 is 0. The maximum absolute atomic E-state index is 12.8. The van der Waals surface area contributed by atoms with E-state index < -0.39 is 29.5 Å². The molecular formula is C13H18F3N3O2. The monoisotopic (exact) mass is 305 g/mol. The molecule has 1 unspecified atom stereocenters. The number of alkyl halides is 3. The van der Waals surface area contributed by atoms with Gasteiger partial charge in [-0.05, 0) is 32.9 Å². The number of nitrogens with one attached hydrogen (secondary N) is 1. The van der Waals surface area contributed by atoms with Crippen molar-refractivity contribution in [2.75, 3.05) is 6.54 Å². The van der Waals surface area contributed by atoms with Gasteiger partial charge in [-0.25, -0.2) is 4.79 Å². The molecule has 0 aliphatic heterocycles. The number of amides is 1. The second-order valence-corrected chi connectivity index (χ2v) is 5.42. The van der Waals surface area contributed by atoms with Crippen molar-refractivity contribution in [1.29, 1.82) is 0 Å². The van der Waals surface area contributed by atoms with E-state index in [1.165, 1.54) is 12.3 Å². The van der Waals surface area contributed by atoms with E-state index >= 15 is 0 Å². The third-order valence-electron chi connectivity index (χ3n) is 2.36. The zero-order valence-corrected chi connectivity index (χ0v) is 12.0. The molecule has 0 saturated carbocycles. The van der Waals surface area contributed by atoms with Crippen LogP contribution in [0.2, 0.25) is 0 Å². The van der Waals surface area contributed by atoms with Gasteiger partial charge in [0.05, 0.1) is 17.3 Å². The van der Waals surface area contributed by atoms with Crippen molar-refractivity contribution < 1.29 is 22.7 Å². The Labute approximate surface area is 120 Å². The first-order chi connectivity index (χ1) is 9.50. The molecule has 0 fully saturated rings. The van der Waals surface area contributed by atoms with Crippen LogP contribution in [0.3, 0.4) is 0 Å². The lowest BCUT2D eigenvalue weighted by Gasteiger charge is -2.21. The van der Waals surface area contributed by atoms with Crippen LogP contribution in [0.4, 0.5) is 18.0 Å². The Bertz CT molecular complexity index is 498. The highest BCUT2D eigenvalue weighted by molar-refractivity contribution is 5.67. The third kappa shape index (κ3) is 5.58. The lowest BCUT2D eigenvalue weighted by atomic mass is 10.1. The van der Waals surface area contributed by atoms with Crippen LogP contribution in [0.25, 0.3) is 0 Å². The number of alkyl carbamates (subject to hydrolysis) is 1. The lowest BCUT2D eigenvalue weighted by Crippen LogP contribution is -2.37. The number of aromatic nitrogens is 1. The van der Waals surface area contributed by atoms with Crippen LogP contribution in [0.5, 0.6) is 0 Å². The van der Waals surface area contributed by atoms with Gasteiger partial charge in [0, 0.05) is 12.7 Å². The van der Waals surface area contributed by atoms with Gasteiger partial charge in [0.25, 0.3) is 0 Å². The van der Waals surface area contributed by atoms with E-state index in [0.29, 0.717) is 0 Å². The molecule has 21 heavy (non-hydrogen) atoms. The van der Waals surface area contributed by atoms with Gasteiger partial charge in [-0.1, -0.05) is 0 Å². The van der Waals surface area contributed by atoms with Crippen molar-refractivity contribution in [2.45, 2.75) is 38.6 Å². The van der Waals surface area contributed by atoms with Gasteiger partial charge in [-0.15, -0.1) is 0 Å². The molecule has 118 valence electrons. The predicted octanol–water partition coefficient (Wildman–Crippen LogP) is 2.62. The fraction of sp³-hybridized carbons (Fsp3) is 0.538. The summed E-state index contributed by atoms with van der Waals surface area (Å²) in [4.78, 5) is 15.1. The van der Waals surface area contributed by atoms with Crippen LogP contribution in [-0.4, -0.2) is 23.2 Å². The molecule has 1 rings (SSSR count). The van der Waals surface area contributed by atoms with Crippen molar-refractivity contribution in [1.82, 2.24) is 10.3 Å². The minimum Gasteiger partial charge on any atom is -0.444 e. The first kappa shape index (κ1) is 17.2. The van der Waals surface area contributed by atoms with Crippen LogP contribution >= 0.6 is 0 Å². The molecule has 1 amide bonds. The molecular weight excluding hydrogens is 287 g/mol. The highest BCUT2D eigenvalue weighted by atomic mass is 19.4. The Morgan fingerprint density at radius 1 is 1.43 bits per heavy atom. The Hall–Kier alpha value is -1.83. The summed E-state index contributed by atoms with van der Waals surface area (Å²) in [6, 6.07) is 0.992. The predicted molar refractivity (Wildman–Crippen MR) is 70.4 cm³/mol. The molecule has 5 nitrogen and oxygen atoms in total. The highest BCUT2D eigenvalue weighted by Crippen LogP contribution is 2.32. The molecule has 0 saturated heterocycles. The summed E-state index contributed by atoms with van der Waals surface area (Å²) in [5.41, 5.74) is 3.74. The van der Waals surface area contributed by atoms with E-state index in [1.807, 2.05) is 0 Å². The molecule has 0 aliphatic rings. The summed E-state index contributed by atoms with van der Waals surface area (Å²) in [5.74, 6) is 0. The zero-order valence-electron chi connectivity index (χ0n) is 12.0. The summed E-state index contributed by atoms with van der Waals surface area (Å²) < 4.78 is 43.4. The average Bonchev–Trinajstić information content (AvgIpc) is 2.33. The van der Waals surface area contributed by atoms with E-state index in [1.54, 1.807) is 20.8 Å². The molecule has 0 aromatic carbocycles. The Balaban J connectivity index is 2.73. The van der Waals surface area contributed by atoms with Crippen LogP contribution in [-0.2, 0) is 10.9 Å². The minimum absolute atomic E-state index is 0.213. The highest BCUT2D eigenvalue weighted by Gasteiger charge is 2.35. The van der Waals surface area contributed by atoms with Crippen LogP contribution < -0.4 is 11.1 Å². The maximum Gasteiger partial charge on any atom is 0.418 e. The lowest BCUT2D eigenvalue weighted by molar-refractivity contribution is -0.138. The van der Waals surface area contributed by atoms with Gasteiger partial charge in [0.15, 0.2) is 0 Å². The van der Waals surface area contributed by atoms with Crippen LogP contribution in [0.1, 0.15) is 38.1 Å². The Morgan fingerprint density at radius 3 is 2.57 bits per heavy atom. The number of rotatable bonds is 3. The number of carbonyl (C=O) groups excluding carboxylic acids is 1. The second kappa shape index (κ2) is 6.30. The topological polar surface area (TPSA) is 77.2 Å². The van der Waals surface area contributed by atoms with Gasteiger partial charge in [-0.2, -0.15) is 13.2 Å². The van der Waals surface area contributed by atoms with E-state index in [-0.39, 0.29) is 12.2 Å². The van der Waals surface area contributed by atoms with E-state index in [0.717, 1.165) is 6.07 Å². The summed E-state index contributed by atoms with van der Waals surface area (Å²) in [6.45, 7) is 4.81. The van der Waals surface area contributed by atoms with Crippen molar-refractivity contribution >= 4 is 6.09 Å². The molecule has 1 aromatic heterocycles. The van der Waals surface area contributed by atoms with Crippen molar-refractivity contribution in [2.24, 2.45) is 5.73 Å². The summed E-state index contributed by atoms with van der Waals surface area (Å²) in [6.07, 6.45) is -4.08. The van der Waals surface area contributed by atoms with Gasteiger partial charge in [0.2, 0.25) is 0 Å². The first-order valence-corrected chi connectivity index (χ1v) is 6.25. The molecule has 0 spiro atoms. The van der Waals surface area contributed by atoms with Crippen LogP contribution in [0, 0.1) is 0 Å². The van der Waals surface area contributed by atoms with E-state index in [4.69, 9.17) is 10.5 Å². The van der Waals surface area contributed by atoms with Gasteiger partial charge >= 0.3 is 12.3 Å². The standard InChI is InChI=1S/C13H18F3N3O2/c1-12(2,3)21-11(20)19-7-9(17)10-8(13(14,15)16)5-4-6-18-10/h4-6,9H,7,17H2,1-3H3,(H,19,20). The number of ether oxygens (including phenoxy) is 1. The van der Waals surface area contributed by atoms with Crippen molar-refractivity contribution in [3.05, 3.63) is 29.6 Å². The maximum atomic E-state index is 12.8. The molecule has 1 heterocycles. The number of carbonyl (C=O) groups is 1. The molecule has 1 atom stereocenters. The number of hydrogen-bond donors (Lipinski definition) is 2. The summed E-state index contributed by atoms with van der Waals surface area (Å²) in [5, 5.41) is 2.32. The van der Waals surface area contributed by atoms with Gasteiger partial charge in [-0.3, -0.25) is 4.98 Å². The van der Waals surface area contributed by atoms with E-state index in [2.05, 4.69) is 10.3 Å². The summed E-state index contributed by atoms with van der Waals surface area (Å²) in [7, 11) is 0. The minimum atomic E-state index is -4.55. The number of nitrogens with zero attached hydrogens (tertiary/aromatic N) is 1. The smallest absolute Gasteiger partial charge is 0.418 e. The number of hydrogen-bond acceptors (Lipinski definition) is 4. The second-order valence-electron chi connectivity index (χ2n) is 5.42. The Kier molecular flexibility index (Phi) is 5.16. The number of nitrogens with two attached hydrogens (primary N) is 1. The van der Waals surface area contributed by atoms with Gasteiger partial charge in [0.1, 0.15) is 5.60 Å². The normalized spacial score (nSPS) is 13.7. The number of halogens is 3. The number of pyridine rings is 1. The zero-order chi connectivity index (χ0) is 16.3. The molecule has 1 aromatic rings. The Morgan fingerprint density at radius 2 is 2.05 bits per heavy atom. The average molecular weight is 305 g/mol. The molecule has 0 radical (unpaired) electrons. The molecule has 0 bridgehead atoms. The van der Waals surface area contributed by atoms with Gasteiger partial charge < -0.3 is 15.8 Å². The molecule has 0 aliphatic carbocycles. The molecule has 3 N–H and O–H groups in total. The fourth-order valence-corrected chi connectivity index (χ4v) is 1.56. The third-order valence-corrected chi connectivity index (χ3v) is 2.36. The molecule has 8 heteroatoms. The van der Waals surface area contributed by atoms with E-state index in [9.17, 15) is 18.0 Å². The largest absolute Gasteiger partial charge is 0.444 e. The first-order valence-electron chi connectivity index (χ1n) is 6.25. The fourth-order valence-electron chi connectivity index (χ4n) is 1.56. The van der Waals surface area contributed by atoms with Crippen molar-refractivity contribution in [3.8, 4) is 0 Å². The van der Waals surface area contributed by atoms with Crippen LogP contribution in [0.15, 0.2) is 18.3 Å².